The number of aryl methyl sites for hydroxylation is 1. The monoisotopic (exact) mass is 406 g/mol. The van der Waals surface area contributed by atoms with Crippen LogP contribution in [0.25, 0.3) is 16.8 Å². The standard InChI is InChI=1S/C19H16Cl2N2S2/c1-10-4-7-15-12(8-10)16-17(19(2,3)22-15)25-23(18(16)24)11-5-6-13(20)14(21)9-11/h4-9,22H,1-3H3. The Bertz CT molecular complexity index is 1060. The second-order valence-corrected chi connectivity index (χ2v) is 8.95. The zero-order valence-corrected chi connectivity index (χ0v) is 17.1. The van der Waals surface area contributed by atoms with Gasteiger partial charge in [-0.05, 0) is 51.1 Å². The molecule has 0 radical (unpaired) electrons. The Morgan fingerprint density at radius 1 is 1.08 bits per heavy atom. The summed E-state index contributed by atoms with van der Waals surface area (Å²) in [5, 5.41) is 4.71. The lowest BCUT2D eigenvalue weighted by Gasteiger charge is -2.33. The molecule has 0 atom stereocenters. The molecular formula is C19H16Cl2N2S2. The van der Waals surface area contributed by atoms with E-state index in [-0.39, 0.29) is 5.54 Å². The van der Waals surface area contributed by atoms with Crippen molar-refractivity contribution in [3.8, 4) is 16.8 Å². The van der Waals surface area contributed by atoms with E-state index in [4.69, 9.17) is 35.4 Å². The van der Waals surface area contributed by atoms with Crippen LogP contribution in [-0.2, 0) is 5.54 Å². The molecule has 0 amide bonds. The lowest BCUT2D eigenvalue weighted by atomic mass is 9.89. The number of hydrogen-bond donors (Lipinski definition) is 1. The molecule has 128 valence electrons. The molecule has 1 aromatic heterocycles. The Balaban J connectivity index is 2.01. The van der Waals surface area contributed by atoms with E-state index >= 15 is 0 Å². The topological polar surface area (TPSA) is 17.0 Å². The molecule has 1 aliphatic heterocycles. The summed E-state index contributed by atoms with van der Waals surface area (Å²) >= 11 is 19.8. The number of aromatic nitrogens is 1. The first-order valence-electron chi connectivity index (χ1n) is 7.89. The number of benzene rings is 2. The average molecular weight is 407 g/mol. The minimum atomic E-state index is -0.197. The minimum absolute atomic E-state index is 0.197. The first-order valence-corrected chi connectivity index (χ1v) is 9.83. The van der Waals surface area contributed by atoms with Gasteiger partial charge in [0.05, 0.1) is 26.1 Å². The maximum Gasteiger partial charge on any atom is 0.129 e. The second kappa shape index (κ2) is 5.85. The van der Waals surface area contributed by atoms with Crippen LogP contribution in [0.1, 0.15) is 24.3 Å². The summed E-state index contributed by atoms with van der Waals surface area (Å²) in [7, 11) is 0. The van der Waals surface area contributed by atoms with Gasteiger partial charge >= 0.3 is 0 Å². The second-order valence-electron chi connectivity index (χ2n) is 6.79. The fourth-order valence-corrected chi connectivity index (χ4v) is 5.13. The molecule has 2 heterocycles. The van der Waals surface area contributed by atoms with Crippen molar-refractivity contribution in [2.75, 3.05) is 5.32 Å². The van der Waals surface area contributed by atoms with Crippen LogP contribution in [0, 0.1) is 11.6 Å². The van der Waals surface area contributed by atoms with Gasteiger partial charge in [-0.1, -0.05) is 58.6 Å². The van der Waals surface area contributed by atoms with Crippen LogP contribution in [0.4, 0.5) is 5.69 Å². The molecule has 25 heavy (non-hydrogen) atoms. The average Bonchev–Trinajstić information content (AvgIpc) is 2.90. The first kappa shape index (κ1) is 17.1. The Kier molecular flexibility index (Phi) is 4.00. The van der Waals surface area contributed by atoms with Crippen LogP contribution in [-0.4, -0.2) is 3.96 Å². The van der Waals surface area contributed by atoms with Gasteiger partial charge in [0.2, 0.25) is 0 Å². The van der Waals surface area contributed by atoms with Crippen molar-refractivity contribution < 1.29 is 0 Å². The predicted octanol–water partition coefficient (Wildman–Crippen LogP) is 7.21. The molecule has 4 rings (SSSR count). The largest absolute Gasteiger partial charge is 0.375 e. The fourth-order valence-electron chi connectivity index (χ4n) is 3.19. The molecule has 6 heteroatoms. The van der Waals surface area contributed by atoms with Crippen LogP contribution in [0.2, 0.25) is 10.0 Å². The summed E-state index contributed by atoms with van der Waals surface area (Å²) in [4.78, 5) is 1.22. The lowest BCUT2D eigenvalue weighted by Crippen LogP contribution is -2.30. The van der Waals surface area contributed by atoms with Crippen molar-refractivity contribution in [2.24, 2.45) is 0 Å². The molecule has 1 N–H and O–H groups in total. The predicted molar refractivity (Wildman–Crippen MR) is 111 cm³/mol. The number of hydrogen-bond acceptors (Lipinski definition) is 3. The molecule has 0 aliphatic carbocycles. The highest BCUT2D eigenvalue weighted by atomic mass is 35.5. The van der Waals surface area contributed by atoms with E-state index in [0.717, 1.165) is 27.1 Å². The van der Waals surface area contributed by atoms with E-state index in [0.29, 0.717) is 10.0 Å². The van der Waals surface area contributed by atoms with Crippen LogP contribution in [0.15, 0.2) is 36.4 Å². The number of halogens is 2. The van der Waals surface area contributed by atoms with Crippen LogP contribution in [0.3, 0.4) is 0 Å². The van der Waals surface area contributed by atoms with Gasteiger partial charge in [-0.15, -0.1) is 0 Å². The van der Waals surface area contributed by atoms with Gasteiger partial charge in [-0.25, -0.2) is 0 Å². The molecule has 0 saturated carbocycles. The van der Waals surface area contributed by atoms with Crippen LogP contribution in [0.5, 0.6) is 0 Å². The van der Waals surface area contributed by atoms with Gasteiger partial charge in [0.1, 0.15) is 4.64 Å². The van der Waals surface area contributed by atoms with Gasteiger partial charge in [-0.3, -0.25) is 3.96 Å². The van der Waals surface area contributed by atoms with E-state index in [9.17, 15) is 0 Å². The lowest BCUT2D eigenvalue weighted by molar-refractivity contribution is 0.620. The number of anilines is 1. The summed E-state index contributed by atoms with van der Waals surface area (Å²) in [6.45, 7) is 6.46. The van der Waals surface area contributed by atoms with Crippen LogP contribution >= 0.6 is 47.0 Å². The van der Waals surface area contributed by atoms with E-state index in [1.54, 1.807) is 17.6 Å². The van der Waals surface area contributed by atoms with Gasteiger partial charge in [0, 0.05) is 16.8 Å². The van der Waals surface area contributed by atoms with E-state index in [1.807, 2.05) is 12.1 Å². The van der Waals surface area contributed by atoms with E-state index in [1.165, 1.54) is 10.4 Å². The van der Waals surface area contributed by atoms with E-state index < -0.39 is 0 Å². The molecule has 0 fully saturated rings. The zero-order valence-electron chi connectivity index (χ0n) is 14.0. The number of fused-ring (bicyclic) bond motifs is 3. The number of nitrogens with zero attached hydrogens (tertiary/aromatic N) is 1. The van der Waals surface area contributed by atoms with Crippen molar-refractivity contribution in [2.45, 2.75) is 26.3 Å². The molecule has 0 unspecified atom stereocenters. The van der Waals surface area contributed by atoms with Crippen molar-refractivity contribution >= 4 is 52.6 Å². The summed E-state index contributed by atoms with van der Waals surface area (Å²) in [6.07, 6.45) is 0. The third-order valence-electron chi connectivity index (χ3n) is 4.40. The Hall–Kier alpha value is -1.33. The number of rotatable bonds is 1. The summed E-state index contributed by atoms with van der Waals surface area (Å²) in [5.41, 5.74) is 5.37. The molecular weight excluding hydrogens is 391 g/mol. The smallest absolute Gasteiger partial charge is 0.129 e. The fraction of sp³-hybridized carbons (Fsp3) is 0.211. The first-order chi connectivity index (χ1) is 11.8. The summed E-state index contributed by atoms with van der Waals surface area (Å²) in [6, 6.07) is 12.1. The van der Waals surface area contributed by atoms with Gasteiger partial charge in [0.25, 0.3) is 0 Å². The minimum Gasteiger partial charge on any atom is -0.375 e. The van der Waals surface area contributed by atoms with Crippen molar-refractivity contribution in [3.63, 3.8) is 0 Å². The molecule has 1 aliphatic rings. The Morgan fingerprint density at radius 2 is 1.84 bits per heavy atom. The highest BCUT2D eigenvalue weighted by Crippen LogP contribution is 2.47. The summed E-state index contributed by atoms with van der Waals surface area (Å²) in [5.74, 6) is 0. The molecule has 2 nitrogen and oxygen atoms in total. The number of nitrogens with one attached hydrogen (secondary N) is 1. The molecule has 3 aromatic rings. The Morgan fingerprint density at radius 3 is 2.56 bits per heavy atom. The molecule has 2 aromatic carbocycles. The van der Waals surface area contributed by atoms with Crippen molar-refractivity contribution in [1.29, 1.82) is 0 Å². The summed E-state index contributed by atoms with van der Waals surface area (Å²) < 4.78 is 2.86. The van der Waals surface area contributed by atoms with Crippen molar-refractivity contribution in [1.82, 2.24) is 3.96 Å². The van der Waals surface area contributed by atoms with E-state index in [2.05, 4.69) is 48.2 Å². The van der Waals surface area contributed by atoms with Gasteiger partial charge in [0.15, 0.2) is 0 Å². The highest BCUT2D eigenvalue weighted by Gasteiger charge is 2.34. The SMILES string of the molecule is Cc1ccc2c(c1)-c1c(sn(-c3ccc(Cl)c(Cl)c3)c1=S)C(C)(C)N2. The zero-order chi connectivity index (χ0) is 17.9. The van der Waals surface area contributed by atoms with Crippen LogP contribution < -0.4 is 5.32 Å². The molecule has 0 saturated heterocycles. The third-order valence-corrected chi connectivity index (χ3v) is 7.12. The maximum atomic E-state index is 6.21. The third kappa shape index (κ3) is 2.72. The quantitative estimate of drug-likeness (QED) is 0.429. The van der Waals surface area contributed by atoms with Crippen molar-refractivity contribution in [3.05, 3.63) is 61.5 Å². The highest BCUT2D eigenvalue weighted by molar-refractivity contribution is 7.71. The van der Waals surface area contributed by atoms with Gasteiger partial charge < -0.3 is 5.32 Å². The normalized spacial score (nSPS) is 14.6. The molecule has 0 bridgehead atoms. The van der Waals surface area contributed by atoms with Gasteiger partial charge in [-0.2, -0.15) is 0 Å². The maximum absolute atomic E-state index is 6.21. The Labute approximate surface area is 166 Å². The molecule has 0 spiro atoms.